The van der Waals surface area contributed by atoms with Crippen LogP contribution < -0.4 is 15.8 Å². The van der Waals surface area contributed by atoms with E-state index in [1.807, 2.05) is 43.1 Å². The highest BCUT2D eigenvalue weighted by molar-refractivity contribution is 7.18. The van der Waals surface area contributed by atoms with Gasteiger partial charge in [-0.15, -0.1) is 11.3 Å². The van der Waals surface area contributed by atoms with Crippen molar-refractivity contribution < 1.29 is 14.6 Å². The molecular formula is C28H34N4O3S. The van der Waals surface area contributed by atoms with Crippen LogP contribution in [-0.2, 0) is 6.42 Å². The minimum Gasteiger partial charge on any atom is -0.489 e. The molecule has 0 saturated carbocycles. The molecule has 3 aromatic rings. The van der Waals surface area contributed by atoms with Crippen LogP contribution in [0.5, 0.6) is 5.75 Å². The number of anilines is 1. The lowest BCUT2D eigenvalue weighted by Gasteiger charge is -2.32. The van der Waals surface area contributed by atoms with Crippen molar-refractivity contribution in [2.45, 2.75) is 51.7 Å². The third kappa shape index (κ3) is 5.06. The molecule has 0 unspecified atom stereocenters. The van der Waals surface area contributed by atoms with Gasteiger partial charge in [0.2, 0.25) is 0 Å². The molecule has 1 aromatic heterocycles. The van der Waals surface area contributed by atoms with Gasteiger partial charge in [-0.25, -0.2) is 9.78 Å². The predicted octanol–water partition coefficient (Wildman–Crippen LogP) is 5.25. The predicted molar refractivity (Wildman–Crippen MR) is 144 cm³/mol. The summed E-state index contributed by atoms with van der Waals surface area (Å²) in [6, 6.07) is 12.2. The van der Waals surface area contributed by atoms with Gasteiger partial charge in [0.25, 0.3) is 0 Å². The highest BCUT2D eigenvalue weighted by Gasteiger charge is 2.29. The Labute approximate surface area is 216 Å². The SMILES string of the molecule is CC(C)Oc1ccc(-c2ncc(-c3cccc4c3CC[C@@H]4NC(=O)N3CCC(CO)CC3)s2)cc1N. The third-order valence-corrected chi connectivity index (χ3v) is 8.20. The Hall–Kier alpha value is -3.10. The lowest BCUT2D eigenvalue weighted by Crippen LogP contribution is -2.45. The van der Waals surface area contributed by atoms with E-state index in [0.29, 0.717) is 30.4 Å². The Balaban J connectivity index is 1.31. The monoisotopic (exact) mass is 506 g/mol. The maximum absolute atomic E-state index is 12.9. The normalized spacial score (nSPS) is 17.9. The van der Waals surface area contributed by atoms with Gasteiger partial charge in [0.05, 0.1) is 22.7 Å². The average Bonchev–Trinajstić information content (AvgIpc) is 3.53. The molecule has 2 aromatic carbocycles. The number of amides is 2. The number of aliphatic hydroxyl groups is 1. The summed E-state index contributed by atoms with van der Waals surface area (Å²) in [5, 5.41) is 13.5. The minimum atomic E-state index is -0.00259. The van der Waals surface area contributed by atoms with E-state index in [0.717, 1.165) is 41.1 Å². The standard InChI is InChI=1S/C28H34N4O3S/c1-17(2)35-25-9-6-19(14-23(25)29)27-30-15-26(36-27)22-5-3-4-21-20(22)7-8-24(21)31-28(34)32-12-10-18(16-33)11-13-32/h3-6,9,14-15,17-18,24,33H,7-8,10-13,16,29H2,1-2H3,(H,31,34)/t24-/m0/s1. The maximum Gasteiger partial charge on any atom is 0.317 e. The Morgan fingerprint density at radius 2 is 2.06 bits per heavy atom. The fraction of sp³-hybridized carbons (Fsp3) is 0.429. The molecule has 1 fully saturated rings. The fourth-order valence-corrected chi connectivity index (χ4v) is 6.13. The molecule has 8 heteroatoms. The molecule has 190 valence electrons. The highest BCUT2D eigenvalue weighted by atomic mass is 32.1. The Morgan fingerprint density at radius 1 is 1.25 bits per heavy atom. The van der Waals surface area contributed by atoms with E-state index in [1.165, 1.54) is 16.7 Å². The fourth-order valence-electron chi connectivity index (χ4n) is 5.17. The number of aliphatic hydroxyl groups excluding tert-OH is 1. The van der Waals surface area contributed by atoms with Crippen LogP contribution in [0, 0.1) is 5.92 Å². The lowest BCUT2D eigenvalue weighted by molar-refractivity contribution is 0.135. The number of carbonyl (C=O) groups is 1. The van der Waals surface area contributed by atoms with Crippen molar-refractivity contribution in [3.05, 3.63) is 53.7 Å². The number of likely N-dealkylation sites (tertiary alicyclic amines) is 1. The van der Waals surface area contributed by atoms with Gasteiger partial charge >= 0.3 is 6.03 Å². The van der Waals surface area contributed by atoms with Crippen LogP contribution in [0.3, 0.4) is 0 Å². The average molecular weight is 507 g/mol. The van der Waals surface area contributed by atoms with Gasteiger partial charge < -0.3 is 25.8 Å². The molecule has 36 heavy (non-hydrogen) atoms. The number of nitrogens with one attached hydrogen (secondary N) is 1. The number of thiazole rings is 1. The van der Waals surface area contributed by atoms with Gasteiger partial charge in [0, 0.05) is 31.5 Å². The molecule has 2 aliphatic rings. The van der Waals surface area contributed by atoms with Crippen molar-refractivity contribution in [3.8, 4) is 26.8 Å². The number of benzene rings is 2. The molecule has 1 aliphatic carbocycles. The zero-order valence-corrected chi connectivity index (χ0v) is 21.7. The zero-order chi connectivity index (χ0) is 25.2. The van der Waals surface area contributed by atoms with Crippen molar-refractivity contribution in [2.24, 2.45) is 5.92 Å². The number of rotatable bonds is 6. The molecule has 4 N–H and O–H groups in total. The first-order valence-electron chi connectivity index (χ1n) is 12.7. The van der Waals surface area contributed by atoms with Gasteiger partial charge in [0.1, 0.15) is 10.8 Å². The van der Waals surface area contributed by atoms with Crippen LogP contribution in [0.1, 0.15) is 50.3 Å². The van der Waals surface area contributed by atoms with Gasteiger partial charge in [-0.2, -0.15) is 0 Å². The van der Waals surface area contributed by atoms with Crippen LogP contribution >= 0.6 is 11.3 Å². The zero-order valence-electron chi connectivity index (χ0n) is 20.9. The molecule has 1 saturated heterocycles. The molecule has 0 spiro atoms. The van der Waals surface area contributed by atoms with E-state index in [2.05, 4.69) is 28.5 Å². The van der Waals surface area contributed by atoms with E-state index in [9.17, 15) is 9.90 Å². The number of fused-ring (bicyclic) bond motifs is 1. The minimum absolute atomic E-state index is 0.00259. The number of ether oxygens (including phenoxy) is 1. The smallest absolute Gasteiger partial charge is 0.317 e. The summed E-state index contributed by atoms with van der Waals surface area (Å²) in [4.78, 5) is 20.6. The highest BCUT2D eigenvalue weighted by Crippen LogP contribution is 2.41. The van der Waals surface area contributed by atoms with E-state index in [4.69, 9.17) is 10.5 Å². The number of urea groups is 1. The van der Waals surface area contributed by atoms with Gasteiger partial charge in [-0.05, 0) is 80.3 Å². The maximum atomic E-state index is 12.9. The number of nitrogens with two attached hydrogens (primary N) is 1. The first-order chi connectivity index (χ1) is 17.4. The first kappa shape index (κ1) is 24.6. The summed E-state index contributed by atoms with van der Waals surface area (Å²) < 4.78 is 5.76. The van der Waals surface area contributed by atoms with Crippen molar-refractivity contribution in [1.29, 1.82) is 0 Å². The van der Waals surface area contributed by atoms with E-state index < -0.39 is 0 Å². The Bertz CT molecular complexity index is 1230. The van der Waals surface area contributed by atoms with Crippen molar-refractivity contribution in [1.82, 2.24) is 15.2 Å². The molecule has 1 atom stereocenters. The molecular weight excluding hydrogens is 472 g/mol. The number of aromatic nitrogens is 1. The van der Waals surface area contributed by atoms with Gasteiger partial charge in [-0.3, -0.25) is 0 Å². The van der Waals surface area contributed by atoms with Crippen LogP contribution in [-0.4, -0.2) is 46.8 Å². The van der Waals surface area contributed by atoms with Gasteiger partial charge in [0.15, 0.2) is 0 Å². The summed E-state index contributed by atoms with van der Waals surface area (Å²) in [6.07, 6.45) is 5.54. The van der Waals surface area contributed by atoms with Gasteiger partial charge in [-0.1, -0.05) is 18.2 Å². The second-order valence-electron chi connectivity index (χ2n) is 9.98. The van der Waals surface area contributed by atoms with Crippen LogP contribution in [0.25, 0.3) is 21.0 Å². The molecule has 0 radical (unpaired) electrons. The molecule has 2 amide bonds. The van der Waals surface area contributed by atoms with Crippen molar-refractivity contribution in [3.63, 3.8) is 0 Å². The molecule has 7 nitrogen and oxygen atoms in total. The number of hydrogen-bond donors (Lipinski definition) is 3. The van der Waals surface area contributed by atoms with Crippen LogP contribution in [0.15, 0.2) is 42.6 Å². The quantitative estimate of drug-likeness (QED) is 0.397. The second-order valence-corrected chi connectivity index (χ2v) is 11.0. The van der Waals surface area contributed by atoms with Crippen LogP contribution in [0.4, 0.5) is 10.5 Å². The molecule has 0 bridgehead atoms. The van der Waals surface area contributed by atoms with Crippen molar-refractivity contribution in [2.75, 3.05) is 25.4 Å². The number of nitrogens with zero attached hydrogens (tertiary/aromatic N) is 2. The van der Waals surface area contributed by atoms with Crippen molar-refractivity contribution >= 4 is 23.1 Å². The van der Waals surface area contributed by atoms with Crippen LogP contribution in [0.2, 0.25) is 0 Å². The molecule has 2 heterocycles. The van der Waals surface area contributed by atoms with E-state index >= 15 is 0 Å². The summed E-state index contributed by atoms with van der Waals surface area (Å²) in [5.41, 5.74) is 11.5. The third-order valence-electron chi connectivity index (χ3n) is 7.12. The molecule has 1 aliphatic heterocycles. The first-order valence-corrected chi connectivity index (χ1v) is 13.6. The number of nitrogen functional groups attached to an aromatic ring is 1. The second kappa shape index (κ2) is 10.5. The summed E-state index contributed by atoms with van der Waals surface area (Å²) in [5.74, 6) is 1.01. The number of carbonyl (C=O) groups excluding carboxylic acids is 1. The van der Waals surface area contributed by atoms with E-state index in [1.54, 1.807) is 11.3 Å². The Kier molecular flexibility index (Phi) is 7.16. The summed E-state index contributed by atoms with van der Waals surface area (Å²) >= 11 is 1.65. The summed E-state index contributed by atoms with van der Waals surface area (Å²) in [7, 11) is 0. The lowest BCUT2D eigenvalue weighted by atomic mass is 9.98. The molecule has 5 rings (SSSR count). The Morgan fingerprint density at radius 3 is 2.78 bits per heavy atom. The number of piperidine rings is 1. The summed E-state index contributed by atoms with van der Waals surface area (Å²) in [6.45, 7) is 5.58. The largest absolute Gasteiger partial charge is 0.489 e. The van der Waals surface area contributed by atoms with E-state index in [-0.39, 0.29) is 24.8 Å². The topological polar surface area (TPSA) is 101 Å². The number of hydrogen-bond acceptors (Lipinski definition) is 6.